The van der Waals surface area contributed by atoms with E-state index >= 15 is 0 Å². The van der Waals surface area contributed by atoms with Gasteiger partial charge in [-0.2, -0.15) is 0 Å². The van der Waals surface area contributed by atoms with Gasteiger partial charge < -0.3 is 10.2 Å². The van der Waals surface area contributed by atoms with Crippen molar-refractivity contribution in [2.45, 2.75) is 50.7 Å². The summed E-state index contributed by atoms with van der Waals surface area (Å²) in [5.74, 6) is 0.217. The Kier molecular flexibility index (Phi) is 5.52. The molecule has 4 heteroatoms. The van der Waals surface area contributed by atoms with Crippen LogP contribution in [0.15, 0.2) is 18.2 Å². The van der Waals surface area contributed by atoms with E-state index in [1.54, 1.807) is 12.1 Å². The van der Waals surface area contributed by atoms with Gasteiger partial charge in [-0.3, -0.25) is 0 Å². The fourth-order valence-corrected chi connectivity index (χ4v) is 3.31. The number of rotatable bonds is 4. The monoisotopic (exact) mass is 302 g/mol. The van der Waals surface area contributed by atoms with E-state index in [-0.39, 0.29) is 5.92 Å². The van der Waals surface area contributed by atoms with Gasteiger partial charge in [0.15, 0.2) is 0 Å². The summed E-state index contributed by atoms with van der Waals surface area (Å²) in [5, 5.41) is 21.5. The fourth-order valence-electron chi connectivity index (χ4n) is 2.82. The molecule has 1 aromatic carbocycles. The molecule has 0 spiro atoms. The first kappa shape index (κ1) is 15.1. The van der Waals surface area contributed by atoms with Crippen LogP contribution in [0.5, 0.6) is 0 Å². The molecule has 2 nitrogen and oxygen atoms in total. The molecular formula is C15H20Cl2O2. The average molecular weight is 303 g/mol. The standard InChI is InChI=1S/C15H20Cl2O2/c16-12-7-6-11(13(17)9-12)8-14(18)15(19)10-4-2-1-3-5-10/h6-7,9-10,14-15,18-19H,1-5,8H2. The number of hydrogen-bond acceptors (Lipinski definition) is 2. The Balaban J connectivity index is 1.97. The van der Waals surface area contributed by atoms with Crippen LogP contribution in [0, 0.1) is 5.92 Å². The molecule has 0 heterocycles. The quantitative estimate of drug-likeness (QED) is 0.887. The highest BCUT2D eigenvalue weighted by Gasteiger charge is 2.28. The molecule has 2 rings (SSSR count). The molecule has 2 N–H and O–H groups in total. The molecule has 0 aromatic heterocycles. The van der Waals surface area contributed by atoms with Crippen LogP contribution in [0.25, 0.3) is 0 Å². The highest BCUT2D eigenvalue weighted by molar-refractivity contribution is 6.35. The third-order valence-electron chi connectivity index (χ3n) is 3.97. The normalized spacial score (nSPS) is 20.2. The smallest absolute Gasteiger partial charge is 0.0842 e. The van der Waals surface area contributed by atoms with Crippen LogP contribution in [0.4, 0.5) is 0 Å². The lowest BCUT2D eigenvalue weighted by atomic mass is 9.82. The maximum absolute atomic E-state index is 10.2. The summed E-state index contributed by atoms with van der Waals surface area (Å²) < 4.78 is 0. The van der Waals surface area contributed by atoms with Crippen LogP contribution in [-0.2, 0) is 6.42 Å². The van der Waals surface area contributed by atoms with Crippen molar-refractivity contribution in [2.75, 3.05) is 0 Å². The molecule has 1 fully saturated rings. The molecule has 1 aliphatic rings. The van der Waals surface area contributed by atoms with Gasteiger partial charge in [-0.1, -0.05) is 48.5 Å². The predicted octanol–water partition coefficient (Wildman–Crippen LogP) is 3.84. The van der Waals surface area contributed by atoms with Crippen molar-refractivity contribution in [3.8, 4) is 0 Å². The summed E-state index contributed by atoms with van der Waals surface area (Å²) in [7, 11) is 0. The van der Waals surface area contributed by atoms with Gasteiger partial charge in [-0.15, -0.1) is 0 Å². The van der Waals surface area contributed by atoms with E-state index in [1.807, 2.05) is 6.07 Å². The minimum absolute atomic E-state index is 0.217. The first-order valence-electron chi connectivity index (χ1n) is 6.88. The van der Waals surface area contributed by atoms with Crippen molar-refractivity contribution < 1.29 is 10.2 Å². The number of aliphatic hydroxyl groups is 2. The minimum Gasteiger partial charge on any atom is -0.390 e. The third-order valence-corrected chi connectivity index (χ3v) is 4.56. The number of hydrogen-bond donors (Lipinski definition) is 2. The van der Waals surface area contributed by atoms with Crippen molar-refractivity contribution in [1.29, 1.82) is 0 Å². The van der Waals surface area contributed by atoms with Gasteiger partial charge in [-0.25, -0.2) is 0 Å². The predicted molar refractivity (Wildman–Crippen MR) is 78.8 cm³/mol. The second-order valence-corrected chi connectivity index (χ2v) is 6.24. The Morgan fingerprint density at radius 2 is 1.79 bits per heavy atom. The highest BCUT2D eigenvalue weighted by Crippen LogP contribution is 2.29. The van der Waals surface area contributed by atoms with E-state index in [9.17, 15) is 10.2 Å². The van der Waals surface area contributed by atoms with Crippen LogP contribution in [0.2, 0.25) is 10.0 Å². The van der Waals surface area contributed by atoms with E-state index in [2.05, 4.69) is 0 Å². The van der Waals surface area contributed by atoms with Gasteiger partial charge in [0, 0.05) is 16.5 Å². The lowest BCUT2D eigenvalue weighted by Crippen LogP contribution is -2.36. The van der Waals surface area contributed by atoms with Crippen LogP contribution >= 0.6 is 23.2 Å². The maximum atomic E-state index is 10.2. The van der Waals surface area contributed by atoms with Gasteiger partial charge in [0.05, 0.1) is 12.2 Å². The Bertz CT molecular complexity index is 417. The van der Waals surface area contributed by atoms with Crippen molar-refractivity contribution in [1.82, 2.24) is 0 Å². The third kappa shape index (κ3) is 4.09. The number of halogens is 2. The maximum Gasteiger partial charge on any atom is 0.0842 e. The molecule has 1 saturated carbocycles. The molecule has 1 aromatic rings. The van der Waals surface area contributed by atoms with Crippen LogP contribution in [-0.4, -0.2) is 22.4 Å². The van der Waals surface area contributed by atoms with Crippen molar-refractivity contribution in [2.24, 2.45) is 5.92 Å². The summed E-state index contributed by atoms with van der Waals surface area (Å²) in [6, 6.07) is 5.22. The van der Waals surface area contributed by atoms with Crippen LogP contribution < -0.4 is 0 Å². The van der Waals surface area contributed by atoms with Crippen LogP contribution in [0.3, 0.4) is 0 Å². The fraction of sp³-hybridized carbons (Fsp3) is 0.600. The molecule has 1 aliphatic carbocycles. The van der Waals surface area contributed by atoms with Gasteiger partial charge in [-0.05, 0) is 36.5 Å². The topological polar surface area (TPSA) is 40.5 Å². The molecule has 2 atom stereocenters. The Morgan fingerprint density at radius 1 is 1.11 bits per heavy atom. The van der Waals surface area contributed by atoms with E-state index in [0.29, 0.717) is 16.5 Å². The van der Waals surface area contributed by atoms with E-state index in [0.717, 1.165) is 31.2 Å². The number of benzene rings is 1. The van der Waals surface area contributed by atoms with E-state index < -0.39 is 12.2 Å². The van der Waals surface area contributed by atoms with E-state index in [4.69, 9.17) is 23.2 Å². The molecular weight excluding hydrogens is 283 g/mol. The summed E-state index contributed by atoms with van der Waals surface area (Å²) in [6.07, 6.45) is 4.50. The van der Waals surface area contributed by atoms with Gasteiger partial charge in [0.25, 0.3) is 0 Å². The molecule has 106 valence electrons. The van der Waals surface area contributed by atoms with Crippen molar-refractivity contribution in [3.05, 3.63) is 33.8 Å². The Morgan fingerprint density at radius 3 is 2.42 bits per heavy atom. The molecule has 2 unspecified atom stereocenters. The summed E-state index contributed by atoms with van der Waals surface area (Å²) in [6.45, 7) is 0. The first-order valence-corrected chi connectivity index (χ1v) is 7.63. The zero-order valence-corrected chi connectivity index (χ0v) is 12.4. The molecule has 0 amide bonds. The lowest BCUT2D eigenvalue weighted by molar-refractivity contribution is -0.0263. The molecule has 19 heavy (non-hydrogen) atoms. The van der Waals surface area contributed by atoms with E-state index in [1.165, 1.54) is 6.42 Å². The second-order valence-electron chi connectivity index (χ2n) is 5.40. The molecule has 0 saturated heterocycles. The van der Waals surface area contributed by atoms with Crippen molar-refractivity contribution >= 4 is 23.2 Å². The number of aliphatic hydroxyl groups excluding tert-OH is 2. The van der Waals surface area contributed by atoms with Gasteiger partial charge >= 0.3 is 0 Å². The molecule has 0 bridgehead atoms. The van der Waals surface area contributed by atoms with Crippen molar-refractivity contribution in [3.63, 3.8) is 0 Å². The summed E-state index contributed by atoms with van der Waals surface area (Å²) in [5.41, 5.74) is 0.827. The summed E-state index contributed by atoms with van der Waals surface area (Å²) in [4.78, 5) is 0. The largest absolute Gasteiger partial charge is 0.390 e. The van der Waals surface area contributed by atoms with Gasteiger partial charge in [0.2, 0.25) is 0 Å². The first-order chi connectivity index (χ1) is 9.08. The molecule has 0 aliphatic heterocycles. The average Bonchev–Trinajstić information content (AvgIpc) is 2.42. The SMILES string of the molecule is OC(Cc1ccc(Cl)cc1Cl)C(O)C1CCCCC1. The Labute approximate surface area is 124 Å². The van der Waals surface area contributed by atoms with Crippen LogP contribution in [0.1, 0.15) is 37.7 Å². The second kappa shape index (κ2) is 6.94. The molecule has 0 radical (unpaired) electrons. The lowest BCUT2D eigenvalue weighted by Gasteiger charge is -2.29. The zero-order chi connectivity index (χ0) is 13.8. The highest BCUT2D eigenvalue weighted by atomic mass is 35.5. The van der Waals surface area contributed by atoms with Gasteiger partial charge in [0.1, 0.15) is 0 Å². The minimum atomic E-state index is -0.762. The zero-order valence-electron chi connectivity index (χ0n) is 10.9. The summed E-state index contributed by atoms with van der Waals surface area (Å²) >= 11 is 11.9. The Hall–Kier alpha value is -0.280.